The van der Waals surface area contributed by atoms with Gasteiger partial charge in [-0.3, -0.25) is 0 Å². The van der Waals surface area contributed by atoms with E-state index in [1.165, 1.54) is 9.88 Å². The molecule has 0 aliphatic carbocycles. The molecule has 4 heteroatoms. The normalized spacial score (nSPS) is 12.4. The molecule has 0 aromatic carbocycles. The summed E-state index contributed by atoms with van der Waals surface area (Å²) in [5.74, 6) is 0. The first kappa shape index (κ1) is 12.6. The number of nitrogens with zero attached hydrogens (tertiary/aromatic N) is 2. The van der Waals surface area contributed by atoms with Crippen LogP contribution in [0.5, 0.6) is 0 Å². The second-order valence-corrected chi connectivity index (χ2v) is 6.15. The van der Waals surface area contributed by atoms with Gasteiger partial charge in [0.15, 0.2) is 0 Å². The van der Waals surface area contributed by atoms with Crippen LogP contribution in [0.25, 0.3) is 0 Å². The fourth-order valence-electron chi connectivity index (χ4n) is 1.28. The van der Waals surface area contributed by atoms with Gasteiger partial charge in [-0.2, -0.15) is 0 Å². The molecule has 1 aromatic heterocycles. The van der Waals surface area contributed by atoms with Crippen molar-refractivity contribution in [1.29, 1.82) is 0 Å². The molecule has 0 spiro atoms. The zero-order valence-electron chi connectivity index (χ0n) is 10.1. The van der Waals surface area contributed by atoms with Crippen LogP contribution in [0.15, 0.2) is 6.20 Å². The standard InChI is InChI=1S/C11H21N3S/c1-11(2,12)6-5-10-13-7-9(15-10)8-14(3)4/h7H,5-6,8,12H2,1-4H3. The summed E-state index contributed by atoms with van der Waals surface area (Å²) in [6.45, 7) is 5.09. The maximum Gasteiger partial charge on any atom is 0.0928 e. The van der Waals surface area contributed by atoms with Gasteiger partial charge in [0.2, 0.25) is 0 Å². The number of aromatic nitrogens is 1. The van der Waals surface area contributed by atoms with Gasteiger partial charge in [0.1, 0.15) is 0 Å². The molecule has 0 fully saturated rings. The third-order valence-electron chi connectivity index (χ3n) is 2.06. The summed E-state index contributed by atoms with van der Waals surface area (Å²) in [6, 6.07) is 0. The van der Waals surface area contributed by atoms with Gasteiger partial charge in [-0.25, -0.2) is 4.98 Å². The molecule has 0 bridgehead atoms. The van der Waals surface area contributed by atoms with Gasteiger partial charge in [-0.05, 0) is 34.4 Å². The van der Waals surface area contributed by atoms with Gasteiger partial charge < -0.3 is 10.6 Å². The van der Waals surface area contributed by atoms with Crippen molar-refractivity contribution in [2.45, 2.75) is 38.8 Å². The number of thiazole rings is 1. The Hall–Kier alpha value is -0.450. The van der Waals surface area contributed by atoms with Crippen LogP contribution in [0.4, 0.5) is 0 Å². The van der Waals surface area contributed by atoms with Crippen LogP contribution in [-0.2, 0) is 13.0 Å². The van der Waals surface area contributed by atoms with E-state index in [0.29, 0.717) is 0 Å². The molecule has 1 rings (SSSR count). The average molecular weight is 227 g/mol. The van der Waals surface area contributed by atoms with Crippen molar-refractivity contribution in [2.24, 2.45) is 5.73 Å². The Morgan fingerprint density at radius 3 is 2.67 bits per heavy atom. The summed E-state index contributed by atoms with van der Waals surface area (Å²) in [5, 5.41) is 1.20. The highest BCUT2D eigenvalue weighted by Crippen LogP contribution is 2.18. The van der Waals surface area contributed by atoms with Gasteiger partial charge in [-0.15, -0.1) is 11.3 Å². The van der Waals surface area contributed by atoms with Crippen molar-refractivity contribution in [1.82, 2.24) is 9.88 Å². The molecule has 1 aromatic rings. The number of hydrogen-bond acceptors (Lipinski definition) is 4. The van der Waals surface area contributed by atoms with E-state index in [-0.39, 0.29) is 5.54 Å². The third-order valence-corrected chi connectivity index (χ3v) is 3.10. The highest BCUT2D eigenvalue weighted by Gasteiger charge is 2.12. The molecule has 0 saturated heterocycles. The van der Waals surface area contributed by atoms with Crippen molar-refractivity contribution in [3.05, 3.63) is 16.1 Å². The molecule has 2 N–H and O–H groups in total. The van der Waals surface area contributed by atoms with E-state index in [1.54, 1.807) is 11.3 Å². The summed E-state index contributed by atoms with van der Waals surface area (Å²) in [5.41, 5.74) is 5.85. The van der Waals surface area contributed by atoms with Crippen molar-refractivity contribution in [2.75, 3.05) is 14.1 Å². The van der Waals surface area contributed by atoms with Gasteiger partial charge in [0, 0.05) is 29.6 Å². The van der Waals surface area contributed by atoms with E-state index in [1.807, 2.05) is 6.20 Å². The summed E-state index contributed by atoms with van der Waals surface area (Å²) in [6.07, 6.45) is 3.95. The van der Waals surface area contributed by atoms with Crippen LogP contribution in [0.1, 0.15) is 30.2 Å². The number of rotatable bonds is 5. The minimum Gasteiger partial charge on any atom is -0.326 e. The molecule has 0 aliphatic rings. The predicted molar refractivity (Wildman–Crippen MR) is 66.1 cm³/mol. The first-order valence-electron chi connectivity index (χ1n) is 5.24. The Morgan fingerprint density at radius 1 is 1.47 bits per heavy atom. The molecule has 0 unspecified atom stereocenters. The van der Waals surface area contributed by atoms with Crippen molar-refractivity contribution in [3.8, 4) is 0 Å². The van der Waals surface area contributed by atoms with Gasteiger partial charge in [0.05, 0.1) is 5.01 Å². The summed E-state index contributed by atoms with van der Waals surface area (Å²) >= 11 is 1.79. The van der Waals surface area contributed by atoms with Crippen molar-refractivity contribution < 1.29 is 0 Å². The Morgan fingerprint density at radius 2 is 2.13 bits per heavy atom. The monoisotopic (exact) mass is 227 g/mol. The minimum absolute atomic E-state index is 0.0899. The highest BCUT2D eigenvalue weighted by atomic mass is 32.1. The molecule has 0 saturated carbocycles. The largest absolute Gasteiger partial charge is 0.326 e. The molecule has 0 atom stereocenters. The molecule has 86 valence electrons. The summed E-state index contributed by atoms with van der Waals surface area (Å²) < 4.78 is 0. The zero-order chi connectivity index (χ0) is 11.5. The fraction of sp³-hybridized carbons (Fsp3) is 0.727. The van der Waals surface area contributed by atoms with E-state index in [2.05, 4.69) is 37.8 Å². The van der Waals surface area contributed by atoms with Crippen molar-refractivity contribution >= 4 is 11.3 Å². The smallest absolute Gasteiger partial charge is 0.0928 e. The maximum atomic E-state index is 5.94. The molecule has 0 amide bonds. The molecular weight excluding hydrogens is 206 g/mol. The Kier molecular flexibility index (Phi) is 4.25. The maximum absolute atomic E-state index is 5.94. The number of nitrogens with two attached hydrogens (primary N) is 1. The molecule has 0 aliphatic heterocycles. The molecule has 1 heterocycles. The number of aryl methyl sites for hydroxylation is 1. The lowest BCUT2D eigenvalue weighted by Crippen LogP contribution is -2.32. The van der Waals surface area contributed by atoms with Crippen LogP contribution in [-0.4, -0.2) is 29.5 Å². The first-order valence-corrected chi connectivity index (χ1v) is 6.06. The summed E-state index contributed by atoms with van der Waals surface area (Å²) in [7, 11) is 4.14. The quantitative estimate of drug-likeness (QED) is 0.835. The molecule has 3 nitrogen and oxygen atoms in total. The Balaban J connectivity index is 2.46. The second-order valence-electron chi connectivity index (χ2n) is 4.95. The van der Waals surface area contributed by atoms with Gasteiger partial charge >= 0.3 is 0 Å². The number of hydrogen-bond donors (Lipinski definition) is 1. The first-order chi connectivity index (χ1) is 6.87. The molecule has 0 radical (unpaired) electrons. The Labute approximate surface area is 96.3 Å². The van der Waals surface area contributed by atoms with E-state index in [0.717, 1.165) is 19.4 Å². The fourth-order valence-corrected chi connectivity index (χ4v) is 2.32. The lowest BCUT2D eigenvalue weighted by Gasteiger charge is -2.16. The van der Waals surface area contributed by atoms with Crippen LogP contribution in [0.2, 0.25) is 0 Å². The minimum atomic E-state index is -0.0899. The van der Waals surface area contributed by atoms with Gasteiger partial charge in [-0.1, -0.05) is 0 Å². The van der Waals surface area contributed by atoms with E-state index >= 15 is 0 Å². The molecule has 15 heavy (non-hydrogen) atoms. The Bertz CT molecular complexity index is 299. The van der Waals surface area contributed by atoms with Crippen LogP contribution in [0, 0.1) is 0 Å². The van der Waals surface area contributed by atoms with E-state index in [9.17, 15) is 0 Å². The lowest BCUT2D eigenvalue weighted by molar-refractivity contribution is 0.406. The average Bonchev–Trinajstić information content (AvgIpc) is 2.46. The van der Waals surface area contributed by atoms with Crippen LogP contribution < -0.4 is 5.73 Å². The zero-order valence-corrected chi connectivity index (χ0v) is 10.9. The SMILES string of the molecule is CN(C)Cc1cnc(CCC(C)(C)N)s1. The predicted octanol–water partition coefficient (Wildman–Crippen LogP) is 1.87. The van der Waals surface area contributed by atoms with Crippen molar-refractivity contribution in [3.63, 3.8) is 0 Å². The third kappa shape index (κ3) is 5.25. The second kappa shape index (κ2) is 5.05. The molecular formula is C11H21N3S. The lowest BCUT2D eigenvalue weighted by atomic mass is 10.0. The van der Waals surface area contributed by atoms with E-state index < -0.39 is 0 Å². The van der Waals surface area contributed by atoms with Crippen LogP contribution in [0.3, 0.4) is 0 Å². The topological polar surface area (TPSA) is 42.2 Å². The summed E-state index contributed by atoms with van der Waals surface area (Å²) in [4.78, 5) is 7.89. The van der Waals surface area contributed by atoms with Gasteiger partial charge in [0.25, 0.3) is 0 Å². The van der Waals surface area contributed by atoms with E-state index in [4.69, 9.17) is 5.73 Å². The van der Waals surface area contributed by atoms with Crippen LogP contribution >= 0.6 is 11.3 Å². The highest BCUT2D eigenvalue weighted by molar-refractivity contribution is 7.11.